The Bertz CT molecular complexity index is 446. The topological polar surface area (TPSA) is 28.2 Å². The first-order valence-electron chi connectivity index (χ1n) is 7.40. The molecule has 0 spiro atoms. The van der Waals surface area contributed by atoms with Crippen LogP contribution in [-0.2, 0) is 6.54 Å². The molecule has 19 heavy (non-hydrogen) atoms. The summed E-state index contributed by atoms with van der Waals surface area (Å²) in [6, 6.07) is 0.608. The first-order valence-corrected chi connectivity index (χ1v) is 8.21. The summed E-state index contributed by atoms with van der Waals surface area (Å²) in [6.45, 7) is 12.3. The third-order valence-corrected chi connectivity index (χ3v) is 5.90. The third kappa shape index (κ3) is 2.71. The Morgan fingerprint density at radius 3 is 2.74 bits per heavy atom. The van der Waals surface area contributed by atoms with Crippen LogP contribution in [0.1, 0.15) is 42.3 Å². The molecule has 1 aromatic heterocycles. The highest BCUT2D eigenvalue weighted by Crippen LogP contribution is 2.41. The molecule has 106 valence electrons. The molecule has 2 atom stereocenters. The molecule has 2 aliphatic rings. The fourth-order valence-electron chi connectivity index (χ4n) is 3.13. The van der Waals surface area contributed by atoms with Crippen molar-refractivity contribution in [3.05, 3.63) is 15.6 Å². The van der Waals surface area contributed by atoms with Crippen LogP contribution in [0.3, 0.4) is 0 Å². The molecule has 0 radical (unpaired) electrons. The Morgan fingerprint density at radius 2 is 2.16 bits per heavy atom. The molecule has 4 heteroatoms. The fourth-order valence-corrected chi connectivity index (χ4v) is 4.09. The second-order valence-electron chi connectivity index (χ2n) is 6.58. The van der Waals surface area contributed by atoms with E-state index in [-0.39, 0.29) is 0 Å². The summed E-state index contributed by atoms with van der Waals surface area (Å²) >= 11 is 1.86. The Morgan fingerprint density at radius 1 is 1.42 bits per heavy atom. The SMILES string of the molecule is Cc1nc(CN2CC(C)(C3CC3)NCC2C)sc1C. The zero-order chi connectivity index (χ0) is 13.6. The third-order valence-electron chi connectivity index (χ3n) is 4.85. The van der Waals surface area contributed by atoms with E-state index in [0.29, 0.717) is 11.6 Å². The van der Waals surface area contributed by atoms with Crippen molar-refractivity contribution in [2.24, 2.45) is 5.92 Å². The van der Waals surface area contributed by atoms with Crippen molar-refractivity contribution in [2.75, 3.05) is 13.1 Å². The first-order chi connectivity index (χ1) is 8.98. The average Bonchev–Trinajstić information content (AvgIpc) is 3.14. The number of nitrogens with zero attached hydrogens (tertiary/aromatic N) is 2. The summed E-state index contributed by atoms with van der Waals surface area (Å²) in [6.07, 6.45) is 2.81. The Kier molecular flexibility index (Phi) is 3.44. The van der Waals surface area contributed by atoms with Crippen LogP contribution in [0, 0.1) is 19.8 Å². The number of hydrogen-bond donors (Lipinski definition) is 1. The van der Waals surface area contributed by atoms with Gasteiger partial charge in [0, 0.05) is 29.5 Å². The van der Waals surface area contributed by atoms with E-state index in [2.05, 4.69) is 37.9 Å². The summed E-state index contributed by atoms with van der Waals surface area (Å²) in [5.74, 6) is 0.891. The smallest absolute Gasteiger partial charge is 0.107 e. The Hall–Kier alpha value is -0.450. The van der Waals surface area contributed by atoms with Crippen LogP contribution < -0.4 is 5.32 Å². The molecule has 2 fully saturated rings. The minimum absolute atomic E-state index is 0.327. The highest BCUT2D eigenvalue weighted by atomic mass is 32.1. The maximum absolute atomic E-state index is 4.70. The zero-order valence-corrected chi connectivity index (χ0v) is 13.3. The first kappa shape index (κ1) is 13.5. The summed E-state index contributed by atoms with van der Waals surface area (Å²) in [5.41, 5.74) is 1.53. The monoisotopic (exact) mass is 279 g/mol. The number of thiazole rings is 1. The van der Waals surface area contributed by atoms with Gasteiger partial charge >= 0.3 is 0 Å². The molecule has 3 nitrogen and oxygen atoms in total. The molecule has 0 amide bonds. The lowest BCUT2D eigenvalue weighted by Crippen LogP contribution is -2.62. The molecule has 3 rings (SSSR count). The van der Waals surface area contributed by atoms with Gasteiger partial charge in [0.1, 0.15) is 5.01 Å². The van der Waals surface area contributed by atoms with Gasteiger partial charge in [-0.2, -0.15) is 0 Å². The van der Waals surface area contributed by atoms with Crippen molar-refractivity contribution >= 4 is 11.3 Å². The maximum atomic E-state index is 4.70. The molecule has 1 saturated heterocycles. The molecule has 0 aromatic carbocycles. The minimum atomic E-state index is 0.327. The number of aromatic nitrogens is 1. The van der Waals surface area contributed by atoms with Crippen LogP contribution in [0.25, 0.3) is 0 Å². The second kappa shape index (κ2) is 4.83. The van der Waals surface area contributed by atoms with Gasteiger partial charge in [0.15, 0.2) is 0 Å². The largest absolute Gasteiger partial charge is 0.308 e. The van der Waals surface area contributed by atoms with Gasteiger partial charge in [-0.15, -0.1) is 11.3 Å². The molecule has 1 N–H and O–H groups in total. The van der Waals surface area contributed by atoms with Crippen molar-refractivity contribution in [3.8, 4) is 0 Å². The molecule has 1 aliphatic carbocycles. The number of hydrogen-bond acceptors (Lipinski definition) is 4. The molecule has 1 aromatic rings. The van der Waals surface area contributed by atoms with Crippen molar-refractivity contribution < 1.29 is 0 Å². The van der Waals surface area contributed by atoms with E-state index in [1.54, 1.807) is 0 Å². The normalized spacial score (nSPS) is 32.7. The Labute approximate surface area is 120 Å². The van der Waals surface area contributed by atoms with E-state index in [4.69, 9.17) is 4.98 Å². The van der Waals surface area contributed by atoms with Crippen LogP contribution in [0.5, 0.6) is 0 Å². The maximum Gasteiger partial charge on any atom is 0.107 e. The number of rotatable bonds is 3. The van der Waals surface area contributed by atoms with Gasteiger partial charge in [0.2, 0.25) is 0 Å². The van der Waals surface area contributed by atoms with Crippen LogP contribution in [0.15, 0.2) is 0 Å². The van der Waals surface area contributed by atoms with Crippen LogP contribution >= 0.6 is 11.3 Å². The predicted molar refractivity (Wildman–Crippen MR) is 80.6 cm³/mol. The van der Waals surface area contributed by atoms with Gasteiger partial charge in [-0.1, -0.05) is 0 Å². The molecular formula is C15H25N3S. The van der Waals surface area contributed by atoms with Crippen LogP contribution in [0.2, 0.25) is 0 Å². The molecule has 2 heterocycles. The number of piperazine rings is 1. The van der Waals surface area contributed by atoms with Gasteiger partial charge in [-0.25, -0.2) is 4.98 Å². The Balaban J connectivity index is 1.71. The molecule has 0 bridgehead atoms. The molecule has 2 unspecified atom stereocenters. The quantitative estimate of drug-likeness (QED) is 0.922. The number of aryl methyl sites for hydroxylation is 2. The highest BCUT2D eigenvalue weighted by Gasteiger charge is 2.45. The van der Waals surface area contributed by atoms with E-state index < -0.39 is 0 Å². The lowest BCUT2D eigenvalue weighted by molar-refractivity contribution is 0.0769. The van der Waals surface area contributed by atoms with Gasteiger partial charge in [-0.05, 0) is 46.5 Å². The van der Waals surface area contributed by atoms with Crippen molar-refractivity contribution in [2.45, 2.75) is 58.7 Å². The summed E-state index contributed by atoms with van der Waals surface area (Å²) in [5, 5.41) is 5.06. The fraction of sp³-hybridized carbons (Fsp3) is 0.800. The summed E-state index contributed by atoms with van der Waals surface area (Å²) in [7, 11) is 0. The second-order valence-corrected chi connectivity index (χ2v) is 7.86. The standard InChI is InChI=1S/C15H25N3S/c1-10-7-16-15(4,13-5-6-13)9-18(10)8-14-17-11(2)12(3)19-14/h10,13,16H,5-9H2,1-4H3. The van der Waals surface area contributed by atoms with E-state index in [9.17, 15) is 0 Å². The molecule has 1 saturated carbocycles. The lowest BCUT2D eigenvalue weighted by Gasteiger charge is -2.45. The van der Waals surface area contributed by atoms with Gasteiger partial charge in [0.05, 0.1) is 12.2 Å². The van der Waals surface area contributed by atoms with Gasteiger partial charge in [0.25, 0.3) is 0 Å². The predicted octanol–water partition coefficient (Wildman–Crippen LogP) is 2.72. The van der Waals surface area contributed by atoms with E-state index >= 15 is 0 Å². The lowest BCUT2D eigenvalue weighted by atomic mass is 9.91. The van der Waals surface area contributed by atoms with Crippen molar-refractivity contribution in [1.82, 2.24) is 15.2 Å². The van der Waals surface area contributed by atoms with E-state index in [1.807, 2.05) is 11.3 Å². The number of nitrogens with one attached hydrogen (secondary N) is 1. The van der Waals surface area contributed by atoms with E-state index in [0.717, 1.165) is 25.6 Å². The van der Waals surface area contributed by atoms with Gasteiger partial charge < -0.3 is 5.32 Å². The minimum Gasteiger partial charge on any atom is -0.308 e. The highest BCUT2D eigenvalue weighted by molar-refractivity contribution is 7.11. The van der Waals surface area contributed by atoms with Crippen LogP contribution in [-0.4, -0.2) is 34.6 Å². The zero-order valence-electron chi connectivity index (χ0n) is 12.5. The van der Waals surface area contributed by atoms with Crippen LogP contribution in [0.4, 0.5) is 0 Å². The van der Waals surface area contributed by atoms with E-state index in [1.165, 1.54) is 28.4 Å². The summed E-state index contributed by atoms with van der Waals surface area (Å²) < 4.78 is 0. The van der Waals surface area contributed by atoms with Crippen molar-refractivity contribution in [3.63, 3.8) is 0 Å². The molecular weight excluding hydrogens is 254 g/mol. The van der Waals surface area contributed by atoms with Crippen molar-refractivity contribution in [1.29, 1.82) is 0 Å². The van der Waals surface area contributed by atoms with Gasteiger partial charge in [-0.3, -0.25) is 4.90 Å². The average molecular weight is 279 g/mol. The molecule has 1 aliphatic heterocycles. The summed E-state index contributed by atoms with van der Waals surface area (Å²) in [4.78, 5) is 8.68.